The van der Waals surface area contributed by atoms with Crippen LogP contribution in [0.25, 0.3) is 0 Å². The SMILES string of the molecule is CC(C)(N)c1noc(CN2CCN(c3ncccn3)CC2)n1. The topological polar surface area (TPSA) is 97.2 Å². The van der Waals surface area contributed by atoms with Gasteiger partial charge in [-0.3, -0.25) is 4.90 Å². The van der Waals surface area contributed by atoms with Gasteiger partial charge in [0, 0.05) is 38.6 Å². The second kappa shape index (κ2) is 5.98. The molecule has 0 aromatic carbocycles. The molecule has 3 rings (SSSR count). The molecule has 1 aliphatic rings. The van der Waals surface area contributed by atoms with Gasteiger partial charge in [0.15, 0.2) is 5.82 Å². The Kier molecular flexibility index (Phi) is 4.04. The van der Waals surface area contributed by atoms with Crippen molar-refractivity contribution in [2.24, 2.45) is 5.73 Å². The molecule has 2 aromatic rings. The standard InChI is InChI=1S/C14H21N7O/c1-14(2,15)12-18-11(22-19-12)10-20-6-8-21(9-7-20)13-16-4-3-5-17-13/h3-5H,6-10,15H2,1-2H3. The van der Waals surface area contributed by atoms with Gasteiger partial charge in [-0.2, -0.15) is 4.98 Å². The first kappa shape index (κ1) is 14.9. The monoisotopic (exact) mass is 303 g/mol. The van der Waals surface area contributed by atoms with Crippen molar-refractivity contribution in [1.29, 1.82) is 0 Å². The van der Waals surface area contributed by atoms with Gasteiger partial charge < -0.3 is 15.2 Å². The molecular weight excluding hydrogens is 282 g/mol. The molecule has 0 aliphatic carbocycles. The lowest BCUT2D eigenvalue weighted by molar-refractivity contribution is 0.214. The molecule has 1 saturated heterocycles. The molecule has 0 bridgehead atoms. The maximum absolute atomic E-state index is 5.97. The summed E-state index contributed by atoms with van der Waals surface area (Å²) in [6, 6.07) is 1.83. The average Bonchev–Trinajstić information content (AvgIpc) is 2.98. The average molecular weight is 303 g/mol. The molecule has 22 heavy (non-hydrogen) atoms. The van der Waals surface area contributed by atoms with Gasteiger partial charge in [0.1, 0.15) is 0 Å². The third-order valence-corrected chi connectivity index (χ3v) is 3.61. The van der Waals surface area contributed by atoms with Crippen LogP contribution in [0.1, 0.15) is 25.6 Å². The molecule has 1 fully saturated rings. The molecule has 3 heterocycles. The molecule has 8 heteroatoms. The number of rotatable bonds is 4. The van der Waals surface area contributed by atoms with Gasteiger partial charge in [-0.25, -0.2) is 9.97 Å². The highest BCUT2D eigenvalue weighted by molar-refractivity contribution is 5.29. The molecule has 0 saturated carbocycles. The highest BCUT2D eigenvalue weighted by Crippen LogP contribution is 2.15. The van der Waals surface area contributed by atoms with Gasteiger partial charge in [-0.1, -0.05) is 5.16 Å². The number of nitrogens with zero attached hydrogens (tertiary/aromatic N) is 6. The van der Waals surface area contributed by atoms with Crippen molar-refractivity contribution in [2.75, 3.05) is 31.1 Å². The van der Waals surface area contributed by atoms with Gasteiger partial charge >= 0.3 is 0 Å². The second-order valence-electron chi connectivity index (χ2n) is 6.05. The molecule has 1 aliphatic heterocycles. The van der Waals surface area contributed by atoms with Gasteiger partial charge in [-0.15, -0.1) is 0 Å². The number of aromatic nitrogens is 4. The fraction of sp³-hybridized carbons (Fsp3) is 0.571. The summed E-state index contributed by atoms with van der Waals surface area (Å²) in [5.41, 5.74) is 5.39. The number of nitrogens with two attached hydrogens (primary N) is 1. The molecule has 0 spiro atoms. The minimum atomic E-state index is -0.578. The van der Waals surface area contributed by atoms with Crippen molar-refractivity contribution in [3.05, 3.63) is 30.2 Å². The third kappa shape index (κ3) is 3.40. The number of anilines is 1. The zero-order valence-corrected chi connectivity index (χ0v) is 12.9. The highest BCUT2D eigenvalue weighted by atomic mass is 16.5. The summed E-state index contributed by atoms with van der Waals surface area (Å²) in [4.78, 5) is 17.4. The number of hydrogen-bond donors (Lipinski definition) is 1. The second-order valence-corrected chi connectivity index (χ2v) is 6.05. The van der Waals surface area contributed by atoms with Crippen molar-refractivity contribution in [1.82, 2.24) is 25.0 Å². The summed E-state index contributed by atoms with van der Waals surface area (Å²) in [5.74, 6) is 1.93. The lowest BCUT2D eigenvalue weighted by Gasteiger charge is -2.33. The van der Waals surface area contributed by atoms with E-state index in [4.69, 9.17) is 10.3 Å². The Morgan fingerprint density at radius 3 is 2.45 bits per heavy atom. The third-order valence-electron chi connectivity index (χ3n) is 3.61. The smallest absolute Gasteiger partial charge is 0.240 e. The van der Waals surface area contributed by atoms with Gasteiger partial charge in [0.25, 0.3) is 0 Å². The minimum Gasteiger partial charge on any atom is -0.338 e. The van der Waals surface area contributed by atoms with E-state index in [0.29, 0.717) is 18.3 Å². The van der Waals surface area contributed by atoms with Gasteiger partial charge in [-0.05, 0) is 19.9 Å². The number of piperazine rings is 1. The quantitative estimate of drug-likeness (QED) is 0.865. The molecule has 8 nitrogen and oxygen atoms in total. The lowest BCUT2D eigenvalue weighted by atomic mass is 10.1. The summed E-state index contributed by atoms with van der Waals surface area (Å²) in [6.45, 7) is 7.94. The number of hydrogen-bond acceptors (Lipinski definition) is 8. The Morgan fingerprint density at radius 2 is 1.86 bits per heavy atom. The molecule has 2 aromatic heterocycles. The minimum absolute atomic E-state index is 0.541. The van der Waals surface area contributed by atoms with Crippen LogP contribution in [0.4, 0.5) is 5.95 Å². The molecule has 0 radical (unpaired) electrons. The van der Waals surface area contributed by atoms with Crippen LogP contribution < -0.4 is 10.6 Å². The normalized spacial score (nSPS) is 17.0. The maximum atomic E-state index is 5.97. The lowest BCUT2D eigenvalue weighted by Crippen LogP contribution is -2.46. The maximum Gasteiger partial charge on any atom is 0.240 e. The van der Waals surface area contributed by atoms with E-state index in [2.05, 4.69) is 29.9 Å². The van der Waals surface area contributed by atoms with Crippen LogP contribution in [0.5, 0.6) is 0 Å². The van der Waals surface area contributed by atoms with Crippen molar-refractivity contribution in [2.45, 2.75) is 25.9 Å². The fourth-order valence-electron chi connectivity index (χ4n) is 2.33. The molecule has 2 N–H and O–H groups in total. The molecular formula is C14H21N7O. The van der Waals surface area contributed by atoms with Gasteiger partial charge in [0.2, 0.25) is 11.8 Å². The Labute approximate surface area is 129 Å². The predicted octanol–water partition coefficient (Wildman–Crippen LogP) is 0.376. The predicted molar refractivity (Wildman–Crippen MR) is 81.0 cm³/mol. The molecule has 0 atom stereocenters. The van der Waals surface area contributed by atoms with Crippen molar-refractivity contribution in [3.63, 3.8) is 0 Å². The van der Waals surface area contributed by atoms with Crippen LogP contribution in [0, 0.1) is 0 Å². The van der Waals surface area contributed by atoms with Crippen LogP contribution in [0.15, 0.2) is 23.0 Å². The van der Waals surface area contributed by atoms with E-state index in [-0.39, 0.29) is 0 Å². The summed E-state index contributed by atoms with van der Waals surface area (Å²) in [5, 5.41) is 3.95. The van der Waals surface area contributed by atoms with Gasteiger partial charge in [0.05, 0.1) is 12.1 Å². The Morgan fingerprint density at radius 1 is 1.18 bits per heavy atom. The fourth-order valence-corrected chi connectivity index (χ4v) is 2.33. The largest absolute Gasteiger partial charge is 0.338 e. The van der Waals surface area contributed by atoms with E-state index >= 15 is 0 Å². The zero-order valence-electron chi connectivity index (χ0n) is 12.9. The van der Waals surface area contributed by atoms with E-state index in [9.17, 15) is 0 Å². The Hall–Kier alpha value is -2.06. The summed E-state index contributed by atoms with van der Waals surface area (Å²) in [7, 11) is 0. The Bertz CT molecular complexity index is 599. The van der Waals surface area contributed by atoms with Crippen LogP contribution >= 0.6 is 0 Å². The zero-order chi connectivity index (χ0) is 15.6. The van der Waals surface area contributed by atoms with Crippen LogP contribution in [0.2, 0.25) is 0 Å². The van der Waals surface area contributed by atoms with E-state index < -0.39 is 5.54 Å². The van der Waals surface area contributed by atoms with E-state index in [1.807, 2.05) is 19.9 Å². The van der Waals surface area contributed by atoms with E-state index in [1.165, 1.54) is 0 Å². The first-order valence-corrected chi connectivity index (χ1v) is 7.38. The van der Waals surface area contributed by atoms with Crippen molar-refractivity contribution in [3.8, 4) is 0 Å². The summed E-state index contributed by atoms with van der Waals surface area (Å²) in [6.07, 6.45) is 3.53. The highest BCUT2D eigenvalue weighted by Gasteiger charge is 2.24. The van der Waals surface area contributed by atoms with Crippen LogP contribution in [0.3, 0.4) is 0 Å². The van der Waals surface area contributed by atoms with Crippen LogP contribution in [-0.4, -0.2) is 51.2 Å². The van der Waals surface area contributed by atoms with Crippen molar-refractivity contribution < 1.29 is 4.52 Å². The van der Waals surface area contributed by atoms with Crippen molar-refractivity contribution >= 4 is 5.95 Å². The molecule has 0 unspecified atom stereocenters. The van der Waals surface area contributed by atoms with E-state index in [1.54, 1.807) is 12.4 Å². The molecule has 0 amide bonds. The summed E-state index contributed by atoms with van der Waals surface area (Å²) >= 11 is 0. The first-order valence-electron chi connectivity index (χ1n) is 7.38. The first-order chi connectivity index (χ1) is 10.5. The molecule has 118 valence electrons. The summed E-state index contributed by atoms with van der Waals surface area (Å²) < 4.78 is 5.28. The van der Waals surface area contributed by atoms with E-state index in [0.717, 1.165) is 32.1 Å². The Balaban J connectivity index is 1.55. The van der Waals surface area contributed by atoms with Crippen LogP contribution in [-0.2, 0) is 12.1 Å².